The van der Waals surface area contributed by atoms with E-state index in [9.17, 15) is 8.42 Å². The van der Waals surface area contributed by atoms with Gasteiger partial charge in [0.05, 0.1) is 5.75 Å². The summed E-state index contributed by atoms with van der Waals surface area (Å²) < 4.78 is 22.6. The summed E-state index contributed by atoms with van der Waals surface area (Å²) in [5.74, 6) is 1.83. The van der Waals surface area contributed by atoms with Crippen LogP contribution >= 0.6 is 0 Å². The Morgan fingerprint density at radius 2 is 2.04 bits per heavy atom. The first kappa shape index (κ1) is 21.4. The predicted octanol–water partition coefficient (Wildman–Crippen LogP) is 0.322. The molecule has 9 heteroatoms. The first-order chi connectivity index (χ1) is 12.8. The van der Waals surface area contributed by atoms with Gasteiger partial charge in [-0.2, -0.15) is 0 Å². The average Bonchev–Trinajstić information content (AvgIpc) is 2.64. The lowest BCUT2D eigenvalue weighted by atomic mass is 10.2. The van der Waals surface area contributed by atoms with Crippen molar-refractivity contribution in [3.63, 3.8) is 0 Å². The van der Waals surface area contributed by atoms with Crippen LogP contribution in [0.15, 0.2) is 23.3 Å². The van der Waals surface area contributed by atoms with Crippen LogP contribution in [0.1, 0.15) is 18.9 Å². The average molecular weight is 397 g/mol. The molecule has 2 heterocycles. The summed E-state index contributed by atoms with van der Waals surface area (Å²) in [4.78, 5) is 13.5. The molecule has 1 aliphatic rings. The van der Waals surface area contributed by atoms with Crippen LogP contribution in [-0.2, 0) is 16.4 Å². The molecule has 152 valence electrons. The van der Waals surface area contributed by atoms with Crippen LogP contribution in [0.4, 0.5) is 5.82 Å². The molecule has 2 N–H and O–H groups in total. The van der Waals surface area contributed by atoms with E-state index in [4.69, 9.17) is 0 Å². The highest BCUT2D eigenvalue weighted by molar-refractivity contribution is 7.90. The summed E-state index contributed by atoms with van der Waals surface area (Å²) in [6.07, 6.45) is 3.63. The highest BCUT2D eigenvalue weighted by Crippen LogP contribution is 2.18. The minimum atomic E-state index is -2.96. The summed E-state index contributed by atoms with van der Waals surface area (Å²) in [5.41, 5.74) is 1.12. The third kappa shape index (κ3) is 7.34. The van der Waals surface area contributed by atoms with Gasteiger partial charge in [-0.15, -0.1) is 0 Å². The molecular weight excluding hydrogens is 364 g/mol. The number of aromatic nitrogens is 1. The van der Waals surface area contributed by atoms with Crippen molar-refractivity contribution in [2.24, 2.45) is 4.99 Å². The Morgan fingerprint density at radius 1 is 1.33 bits per heavy atom. The number of aliphatic imine (C=N–C) groups is 1. The number of nitrogens with zero attached hydrogens (tertiary/aromatic N) is 4. The maximum absolute atomic E-state index is 11.3. The van der Waals surface area contributed by atoms with Gasteiger partial charge in [0.15, 0.2) is 5.96 Å². The molecule has 1 atom stereocenters. The van der Waals surface area contributed by atoms with E-state index >= 15 is 0 Å². The van der Waals surface area contributed by atoms with Crippen LogP contribution in [0.3, 0.4) is 0 Å². The lowest BCUT2D eigenvalue weighted by molar-refractivity contribution is 0.312. The fourth-order valence-corrected chi connectivity index (χ4v) is 3.72. The van der Waals surface area contributed by atoms with Gasteiger partial charge in [0.2, 0.25) is 0 Å². The van der Waals surface area contributed by atoms with Gasteiger partial charge in [0.25, 0.3) is 0 Å². The quantitative estimate of drug-likeness (QED) is 0.507. The smallest absolute Gasteiger partial charge is 0.191 e. The van der Waals surface area contributed by atoms with Gasteiger partial charge in [-0.1, -0.05) is 6.07 Å². The largest absolute Gasteiger partial charge is 0.354 e. The Kier molecular flexibility index (Phi) is 7.85. The van der Waals surface area contributed by atoms with Crippen LogP contribution in [0, 0.1) is 0 Å². The van der Waals surface area contributed by atoms with E-state index in [0.29, 0.717) is 18.9 Å². The molecular formula is C18H32N6O2S. The van der Waals surface area contributed by atoms with Gasteiger partial charge in [-0.05, 0) is 26.5 Å². The molecule has 1 aromatic heterocycles. The zero-order valence-corrected chi connectivity index (χ0v) is 17.6. The lowest BCUT2D eigenvalue weighted by Crippen LogP contribution is -2.45. The Balaban J connectivity index is 1.93. The molecule has 0 amide bonds. The minimum Gasteiger partial charge on any atom is -0.354 e. The van der Waals surface area contributed by atoms with Crippen molar-refractivity contribution >= 4 is 21.6 Å². The zero-order valence-electron chi connectivity index (χ0n) is 16.8. The second-order valence-electron chi connectivity index (χ2n) is 7.17. The first-order valence-corrected chi connectivity index (χ1v) is 11.4. The van der Waals surface area contributed by atoms with E-state index in [0.717, 1.165) is 37.6 Å². The standard InChI is InChI=1S/C18H32N6O2S/c1-15(7-13-27(4,25)26)22-18(19-2)21-14-16-6-5-8-20-17(16)24-11-9-23(3)10-12-24/h5-6,8,15H,7,9-14H2,1-4H3,(H2,19,21,22). The van der Waals surface area contributed by atoms with Crippen molar-refractivity contribution in [3.05, 3.63) is 23.9 Å². The molecule has 0 saturated carbocycles. The number of guanidine groups is 1. The fourth-order valence-electron chi connectivity index (χ4n) is 2.94. The summed E-state index contributed by atoms with van der Waals surface area (Å²) in [6.45, 7) is 6.56. The minimum absolute atomic E-state index is 0.0110. The number of pyridine rings is 1. The summed E-state index contributed by atoms with van der Waals surface area (Å²) in [7, 11) is 0.893. The van der Waals surface area contributed by atoms with Crippen LogP contribution < -0.4 is 15.5 Å². The molecule has 1 fully saturated rings. The van der Waals surface area contributed by atoms with Crippen molar-refractivity contribution in [2.75, 3.05) is 57.2 Å². The third-order valence-corrected chi connectivity index (χ3v) is 5.62. The summed E-state index contributed by atoms with van der Waals surface area (Å²) in [6, 6.07) is 4.03. The number of anilines is 1. The highest BCUT2D eigenvalue weighted by atomic mass is 32.2. The van der Waals surface area contributed by atoms with Crippen LogP contribution in [0.5, 0.6) is 0 Å². The van der Waals surface area contributed by atoms with Gasteiger partial charge in [-0.25, -0.2) is 13.4 Å². The van der Waals surface area contributed by atoms with Gasteiger partial charge in [-0.3, -0.25) is 4.99 Å². The Hall–Kier alpha value is -1.87. The summed E-state index contributed by atoms with van der Waals surface area (Å²) >= 11 is 0. The summed E-state index contributed by atoms with van der Waals surface area (Å²) in [5, 5.41) is 6.56. The van der Waals surface area contributed by atoms with Gasteiger partial charge >= 0.3 is 0 Å². The van der Waals surface area contributed by atoms with E-state index in [1.807, 2.05) is 19.2 Å². The lowest BCUT2D eigenvalue weighted by Gasteiger charge is -2.34. The van der Waals surface area contributed by atoms with Crippen molar-refractivity contribution < 1.29 is 8.42 Å². The Labute approximate surface area is 163 Å². The molecule has 0 aromatic carbocycles. The molecule has 8 nitrogen and oxygen atoms in total. The van der Waals surface area contributed by atoms with E-state index in [1.54, 1.807) is 7.05 Å². The van der Waals surface area contributed by atoms with Crippen molar-refractivity contribution in [3.8, 4) is 0 Å². The number of sulfone groups is 1. The van der Waals surface area contributed by atoms with Crippen molar-refractivity contribution in [1.82, 2.24) is 20.5 Å². The van der Waals surface area contributed by atoms with E-state index < -0.39 is 9.84 Å². The van der Waals surface area contributed by atoms with Gasteiger partial charge in [0.1, 0.15) is 15.7 Å². The molecule has 2 rings (SSSR count). The monoisotopic (exact) mass is 396 g/mol. The van der Waals surface area contributed by atoms with Crippen LogP contribution in [-0.4, -0.2) is 82.6 Å². The molecule has 0 aliphatic carbocycles. The number of hydrogen-bond acceptors (Lipinski definition) is 6. The third-order valence-electron chi connectivity index (χ3n) is 4.64. The predicted molar refractivity (Wildman–Crippen MR) is 111 cm³/mol. The van der Waals surface area contributed by atoms with Crippen LogP contribution in [0.25, 0.3) is 0 Å². The molecule has 1 aromatic rings. The number of nitrogens with one attached hydrogen (secondary N) is 2. The second kappa shape index (κ2) is 9.89. The molecule has 0 radical (unpaired) electrons. The van der Waals surface area contributed by atoms with Crippen molar-refractivity contribution in [1.29, 1.82) is 0 Å². The number of piperazine rings is 1. The zero-order chi connectivity index (χ0) is 19.9. The van der Waals surface area contributed by atoms with Gasteiger partial charge in [0, 0.05) is 63.8 Å². The Morgan fingerprint density at radius 3 is 2.67 bits per heavy atom. The number of hydrogen-bond donors (Lipinski definition) is 2. The van der Waals surface area contributed by atoms with Crippen LogP contribution in [0.2, 0.25) is 0 Å². The number of likely N-dealkylation sites (N-methyl/N-ethyl adjacent to an activating group) is 1. The topological polar surface area (TPSA) is 89.9 Å². The maximum atomic E-state index is 11.3. The molecule has 0 spiro atoms. The maximum Gasteiger partial charge on any atom is 0.191 e. The normalized spacial score (nSPS) is 17.6. The molecule has 1 unspecified atom stereocenters. The highest BCUT2D eigenvalue weighted by Gasteiger charge is 2.18. The molecule has 0 bridgehead atoms. The number of rotatable bonds is 7. The second-order valence-corrected chi connectivity index (χ2v) is 9.43. The van der Waals surface area contributed by atoms with Gasteiger partial charge < -0.3 is 20.4 Å². The van der Waals surface area contributed by atoms with E-state index in [1.165, 1.54) is 6.26 Å². The SMILES string of the molecule is CN=C(NCc1cccnc1N1CCN(C)CC1)NC(C)CCS(C)(=O)=O. The Bertz CT molecular complexity index is 729. The van der Waals surface area contributed by atoms with E-state index in [-0.39, 0.29) is 11.8 Å². The molecule has 1 aliphatic heterocycles. The van der Waals surface area contributed by atoms with E-state index in [2.05, 4.69) is 43.5 Å². The molecule has 27 heavy (non-hydrogen) atoms. The van der Waals surface area contributed by atoms with Crippen molar-refractivity contribution in [2.45, 2.75) is 25.9 Å². The first-order valence-electron chi connectivity index (χ1n) is 9.31. The molecule has 1 saturated heterocycles. The fraction of sp³-hybridized carbons (Fsp3) is 0.667.